The van der Waals surface area contributed by atoms with Crippen LogP contribution in [0.25, 0.3) is 10.9 Å². The van der Waals surface area contributed by atoms with Crippen molar-refractivity contribution in [3.8, 4) is 0 Å². The summed E-state index contributed by atoms with van der Waals surface area (Å²) in [6, 6.07) is 11.2. The number of nitro groups is 1. The predicted octanol–water partition coefficient (Wildman–Crippen LogP) is 4.72. The van der Waals surface area contributed by atoms with Gasteiger partial charge in [-0.25, -0.2) is 9.37 Å². The lowest BCUT2D eigenvalue weighted by Crippen LogP contribution is -2.36. The molecule has 0 bridgehead atoms. The van der Waals surface area contributed by atoms with Gasteiger partial charge in [-0.15, -0.1) is 0 Å². The lowest BCUT2D eigenvalue weighted by molar-refractivity contribution is -0.383. The van der Waals surface area contributed by atoms with Crippen molar-refractivity contribution in [2.24, 2.45) is 0 Å². The molecule has 0 radical (unpaired) electrons. The zero-order chi connectivity index (χ0) is 22.1. The van der Waals surface area contributed by atoms with Crippen molar-refractivity contribution in [3.63, 3.8) is 0 Å². The molecule has 31 heavy (non-hydrogen) atoms. The largest absolute Gasteiger partial charge is 0.393 e. The molecular formula is C23H25FN4O3. The first-order valence-electron chi connectivity index (χ1n) is 10.4. The monoisotopic (exact) mass is 424 g/mol. The average molecular weight is 424 g/mol. The number of aromatic nitrogens is 1. The third kappa shape index (κ3) is 4.29. The smallest absolute Gasteiger partial charge is 0.295 e. The number of nitrogens with zero attached hydrogens (tertiary/aromatic N) is 3. The Balaban J connectivity index is 1.71. The van der Waals surface area contributed by atoms with E-state index in [4.69, 9.17) is 0 Å². The van der Waals surface area contributed by atoms with Crippen LogP contribution in [0.5, 0.6) is 0 Å². The average Bonchev–Trinajstić information content (AvgIpc) is 2.73. The second kappa shape index (κ2) is 8.47. The number of non-ortho nitro benzene ring substituents is 1. The number of para-hydroxylation sites is 1. The molecule has 0 amide bonds. The minimum atomic E-state index is -0.433. The van der Waals surface area contributed by atoms with E-state index in [0.29, 0.717) is 48.2 Å². The van der Waals surface area contributed by atoms with Crippen molar-refractivity contribution in [2.75, 3.05) is 23.3 Å². The van der Waals surface area contributed by atoms with Gasteiger partial charge in [-0.3, -0.25) is 10.1 Å². The molecule has 1 saturated heterocycles. The van der Waals surface area contributed by atoms with E-state index in [9.17, 15) is 19.6 Å². The van der Waals surface area contributed by atoms with Gasteiger partial charge < -0.3 is 15.3 Å². The first-order valence-corrected chi connectivity index (χ1v) is 10.4. The zero-order valence-electron chi connectivity index (χ0n) is 17.5. The number of anilines is 2. The fourth-order valence-electron chi connectivity index (χ4n) is 4.21. The van der Waals surface area contributed by atoms with E-state index in [1.807, 2.05) is 13.0 Å². The summed E-state index contributed by atoms with van der Waals surface area (Å²) in [5.41, 5.74) is 3.37. The number of nitrogens with one attached hydrogen (secondary N) is 1. The van der Waals surface area contributed by atoms with Crippen LogP contribution in [0.3, 0.4) is 0 Å². The second-order valence-electron chi connectivity index (χ2n) is 8.03. The standard InChI is InChI=1S/C23H25FN4O3/c1-14-12-20(18-4-3-5-22(28(30)31)23(18)25-14)26-15(2)19-13-16(24)6-7-21(19)27-10-8-17(29)9-11-27/h3-7,12-13,15,17,29H,8-11H2,1-2H3,(H,25,26). The number of rotatable bonds is 5. The summed E-state index contributed by atoms with van der Waals surface area (Å²) in [5.74, 6) is -0.323. The van der Waals surface area contributed by atoms with Crippen molar-refractivity contribution in [1.82, 2.24) is 4.98 Å². The van der Waals surface area contributed by atoms with E-state index >= 15 is 0 Å². The van der Waals surface area contributed by atoms with E-state index in [-0.39, 0.29) is 23.7 Å². The highest BCUT2D eigenvalue weighted by Gasteiger charge is 2.23. The molecular weight excluding hydrogens is 399 g/mol. The summed E-state index contributed by atoms with van der Waals surface area (Å²) in [4.78, 5) is 17.6. The number of benzene rings is 2. The quantitative estimate of drug-likeness (QED) is 0.455. The van der Waals surface area contributed by atoms with Gasteiger partial charge in [-0.05, 0) is 51.0 Å². The Labute approximate surface area is 179 Å². The summed E-state index contributed by atoms with van der Waals surface area (Å²) in [6.07, 6.45) is 1.06. The first-order chi connectivity index (χ1) is 14.8. The lowest BCUT2D eigenvalue weighted by Gasteiger charge is -2.34. The SMILES string of the molecule is Cc1cc(NC(C)c2cc(F)ccc2N2CCC(O)CC2)c2cccc([N+](=O)[O-])c2n1. The maximum Gasteiger partial charge on any atom is 0.295 e. The van der Waals surface area contributed by atoms with Crippen molar-refractivity contribution in [1.29, 1.82) is 0 Å². The molecule has 1 aromatic heterocycles. The van der Waals surface area contributed by atoms with E-state index in [2.05, 4.69) is 15.2 Å². The van der Waals surface area contributed by atoms with Gasteiger partial charge >= 0.3 is 0 Å². The van der Waals surface area contributed by atoms with E-state index in [1.165, 1.54) is 18.2 Å². The Morgan fingerprint density at radius 2 is 2.00 bits per heavy atom. The van der Waals surface area contributed by atoms with Gasteiger partial charge in [0, 0.05) is 47.2 Å². The van der Waals surface area contributed by atoms with Crippen molar-refractivity contribution < 1.29 is 14.4 Å². The molecule has 2 aromatic carbocycles. The first kappa shape index (κ1) is 21.0. The van der Waals surface area contributed by atoms with Crippen LogP contribution in [-0.2, 0) is 0 Å². The molecule has 1 aliphatic rings. The third-order valence-corrected chi connectivity index (χ3v) is 5.78. The molecule has 1 unspecified atom stereocenters. The van der Waals surface area contributed by atoms with Crippen LogP contribution < -0.4 is 10.2 Å². The molecule has 1 aliphatic heterocycles. The number of aliphatic hydroxyl groups is 1. The molecule has 2 N–H and O–H groups in total. The summed E-state index contributed by atoms with van der Waals surface area (Å²) in [6.45, 7) is 5.14. The Bertz CT molecular complexity index is 1130. The van der Waals surface area contributed by atoms with Crippen LogP contribution in [0.1, 0.15) is 37.1 Å². The van der Waals surface area contributed by atoms with Gasteiger partial charge in [0.15, 0.2) is 5.52 Å². The molecule has 2 heterocycles. The Kier molecular flexibility index (Phi) is 5.73. The molecule has 162 valence electrons. The van der Waals surface area contributed by atoms with Gasteiger partial charge in [0.05, 0.1) is 17.1 Å². The fourth-order valence-corrected chi connectivity index (χ4v) is 4.21. The molecule has 0 saturated carbocycles. The van der Waals surface area contributed by atoms with Crippen LogP contribution in [0.4, 0.5) is 21.5 Å². The highest BCUT2D eigenvalue weighted by molar-refractivity contribution is 5.96. The van der Waals surface area contributed by atoms with Crippen LogP contribution in [-0.4, -0.2) is 34.2 Å². The second-order valence-corrected chi connectivity index (χ2v) is 8.03. The van der Waals surface area contributed by atoms with Gasteiger partial charge in [-0.2, -0.15) is 0 Å². The molecule has 7 nitrogen and oxygen atoms in total. The normalized spacial score (nSPS) is 15.8. The molecule has 1 fully saturated rings. The maximum atomic E-state index is 14.2. The van der Waals surface area contributed by atoms with Crippen LogP contribution in [0.15, 0.2) is 42.5 Å². The number of pyridine rings is 1. The summed E-state index contributed by atoms with van der Waals surface area (Å²) in [5, 5.41) is 25.3. The number of nitro benzene ring substituents is 1. The number of halogens is 1. The molecule has 8 heteroatoms. The molecule has 4 rings (SSSR count). The van der Waals surface area contributed by atoms with Gasteiger partial charge in [0.25, 0.3) is 5.69 Å². The Morgan fingerprint density at radius 3 is 2.71 bits per heavy atom. The van der Waals surface area contributed by atoms with Crippen LogP contribution >= 0.6 is 0 Å². The van der Waals surface area contributed by atoms with E-state index < -0.39 is 4.92 Å². The highest BCUT2D eigenvalue weighted by atomic mass is 19.1. The van der Waals surface area contributed by atoms with Crippen LogP contribution in [0, 0.1) is 22.9 Å². The lowest BCUT2D eigenvalue weighted by atomic mass is 10.0. The molecule has 1 atom stereocenters. The zero-order valence-corrected chi connectivity index (χ0v) is 17.5. The van der Waals surface area contributed by atoms with Gasteiger partial charge in [0.2, 0.25) is 0 Å². The number of hydrogen-bond donors (Lipinski definition) is 2. The topological polar surface area (TPSA) is 91.5 Å². The molecule has 0 spiro atoms. The maximum absolute atomic E-state index is 14.2. The Hall–Kier alpha value is -3.26. The third-order valence-electron chi connectivity index (χ3n) is 5.78. The highest BCUT2D eigenvalue weighted by Crippen LogP contribution is 2.35. The van der Waals surface area contributed by atoms with E-state index in [1.54, 1.807) is 25.1 Å². The van der Waals surface area contributed by atoms with E-state index in [0.717, 1.165) is 11.3 Å². The fraction of sp³-hybridized carbons (Fsp3) is 0.348. The Morgan fingerprint density at radius 1 is 1.26 bits per heavy atom. The minimum absolute atomic E-state index is 0.0461. The number of aliphatic hydroxyl groups excluding tert-OH is 1. The van der Waals surface area contributed by atoms with Crippen molar-refractivity contribution in [3.05, 3.63) is 69.7 Å². The predicted molar refractivity (Wildman–Crippen MR) is 119 cm³/mol. The molecule has 0 aliphatic carbocycles. The van der Waals surface area contributed by atoms with Gasteiger partial charge in [-0.1, -0.05) is 12.1 Å². The number of aryl methyl sites for hydroxylation is 1. The molecule has 3 aromatic rings. The number of piperidine rings is 1. The van der Waals surface area contributed by atoms with Gasteiger partial charge in [0.1, 0.15) is 5.82 Å². The van der Waals surface area contributed by atoms with Crippen molar-refractivity contribution in [2.45, 2.75) is 38.8 Å². The summed E-state index contributed by atoms with van der Waals surface area (Å²) in [7, 11) is 0. The minimum Gasteiger partial charge on any atom is -0.393 e. The number of fused-ring (bicyclic) bond motifs is 1. The summed E-state index contributed by atoms with van der Waals surface area (Å²) < 4.78 is 14.2. The number of hydrogen-bond acceptors (Lipinski definition) is 6. The van der Waals surface area contributed by atoms with Crippen molar-refractivity contribution >= 4 is 28.0 Å². The summed E-state index contributed by atoms with van der Waals surface area (Å²) >= 11 is 0. The van der Waals surface area contributed by atoms with Crippen LogP contribution in [0.2, 0.25) is 0 Å².